The Bertz CT molecular complexity index is 790. The number of benzene rings is 2. The lowest BCUT2D eigenvalue weighted by atomic mass is 9.93. The van der Waals surface area contributed by atoms with Gasteiger partial charge in [0.2, 0.25) is 0 Å². The number of nitrogens with two attached hydrogens (primary N) is 1. The van der Waals surface area contributed by atoms with Crippen molar-refractivity contribution in [3.63, 3.8) is 0 Å². The number of amides is 2. The molecule has 0 aromatic heterocycles. The average Bonchev–Trinajstić information content (AvgIpc) is 2.78. The van der Waals surface area contributed by atoms with E-state index < -0.39 is 11.8 Å². The summed E-state index contributed by atoms with van der Waals surface area (Å²) >= 11 is 0. The first-order chi connectivity index (χ1) is 12.1. The fourth-order valence-corrected chi connectivity index (χ4v) is 3.33. The number of hydrogen-bond acceptors (Lipinski definition) is 2. The number of hydrogen-bond donors (Lipinski definition) is 1. The summed E-state index contributed by atoms with van der Waals surface area (Å²) in [4.78, 5) is 24.0. The minimum atomic E-state index is -0.916. The van der Waals surface area contributed by atoms with E-state index in [1.165, 1.54) is 32.7 Å². The van der Waals surface area contributed by atoms with E-state index in [4.69, 9.17) is 5.73 Å². The highest BCUT2D eigenvalue weighted by atomic mass is 16.2. The third-order valence-corrected chi connectivity index (χ3v) is 4.65. The van der Waals surface area contributed by atoms with Crippen LogP contribution in [0, 0.1) is 0 Å². The zero-order chi connectivity index (χ0) is 17.8. The SMILES string of the molecule is CN(CCC=C1c2ccccc2CCc2ccccc21)C(=O)C(N)=O. The predicted molar refractivity (Wildman–Crippen MR) is 98.8 cm³/mol. The van der Waals surface area contributed by atoms with Gasteiger partial charge in [-0.3, -0.25) is 9.59 Å². The molecule has 0 heterocycles. The summed E-state index contributed by atoms with van der Waals surface area (Å²) in [6, 6.07) is 16.9. The molecule has 0 aliphatic heterocycles. The highest BCUT2D eigenvalue weighted by molar-refractivity contribution is 6.34. The van der Waals surface area contributed by atoms with E-state index in [1.807, 2.05) is 0 Å². The summed E-state index contributed by atoms with van der Waals surface area (Å²) in [7, 11) is 1.60. The van der Waals surface area contributed by atoms with Crippen LogP contribution >= 0.6 is 0 Å². The Morgan fingerprint density at radius 3 is 2.04 bits per heavy atom. The second-order valence-electron chi connectivity index (χ2n) is 6.31. The molecule has 0 atom stereocenters. The molecule has 2 N–H and O–H groups in total. The van der Waals surface area contributed by atoms with Crippen molar-refractivity contribution in [3.8, 4) is 0 Å². The molecule has 0 spiro atoms. The van der Waals surface area contributed by atoms with Crippen LogP contribution in [0.4, 0.5) is 0 Å². The van der Waals surface area contributed by atoms with E-state index in [-0.39, 0.29) is 0 Å². The summed E-state index contributed by atoms with van der Waals surface area (Å²) in [5, 5.41) is 0. The Balaban J connectivity index is 1.91. The van der Waals surface area contributed by atoms with Gasteiger partial charge >= 0.3 is 11.8 Å². The molecule has 4 nitrogen and oxygen atoms in total. The molecular formula is C21H22N2O2. The molecule has 0 saturated heterocycles. The van der Waals surface area contributed by atoms with Gasteiger partial charge in [-0.05, 0) is 47.1 Å². The van der Waals surface area contributed by atoms with Gasteiger partial charge in [0.15, 0.2) is 0 Å². The molecule has 2 aromatic carbocycles. The van der Waals surface area contributed by atoms with Gasteiger partial charge in [-0.2, -0.15) is 0 Å². The number of carbonyl (C=O) groups excluding carboxylic acids is 2. The summed E-state index contributed by atoms with van der Waals surface area (Å²) < 4.78 is 0. The fourth-order valence-electron chi connectivity index (χ4n) is 3.33. The zero-order valence-corrected chi connectivity index (χ0v) is 14.4. The van der Waals surface area contributed by atoms with E-state index in [0.29, 0.717) is 13.0 Å². The van der Waals surface area contributed by atoms with Crippen molar-refractivity contribution in [1.29, 1.82) is 0 Å². The standard InChI is InChI=1S/C21H22N2O2/c1-23(21(25)20(22)24)14-6-11-19-17-9-4-2-7-15(17)12-13-16-8-3-5-10-18(16)19/h2-5,7-11H,6,12-14H2,1H3,(H2,22,24). The van der Waals surface area contributed by atoms with E-state index >= 15 is 0 Å². The second-order valence-corrected chi connectivity index (χ2v) is 6.31. The Morgan fingerprint density at radius 2 is 1.52 bits per heavy atom. The monoisotopic (exact) mass is 334 g/mol. The number of aryl methyl sites for hydroxylation is 2. The van der Waals surface area contributed by atoms with Gasteiger partial charge < -0.3 is 10.6 Å². The van der Waals surface area contributed by atoms with Crippen molar-refractivity contribution in [1.82, 2.24) is 4.90 Å². The molecule has 0 unspecified atom stereocenters. The maximum Gasteiger partial charge on any atom is 0.311 e. The van der Waals surface area contributed by atoms with Crippen LogP contribution in [0.1, 0.15) is 28.7 Å². The van der Waals surface area contributed by atoms with Gasteiger partial charge in [-0.1, -0.05) is 54.6 Å². The van der Waals surface area contributed by atoms with Crippen LogP contribution in [-0.2, 0) is 22.4 Å². The lowest BCUT2D eigenvalue weighted by Crippen LogP contribution is -2.38. The number of fused-ring (bicyclic) bond motifs is 2. The van der Waals surface area contributed by atoms with Crippen molar-refractivity contribution >= 4 is 17.4 Å². The van der Waals surface area contributed by atoms with Crippen LogP contribution in [0.2, 0.25) is 0 Å². The highest BCUT2D eigenvalue weighted by Crippen LogP contribution is 2.33. The maximum atomic E-state index is 11.6. The molecule has 0 radical (unpaired) electrons. The first-order valence-electron chi connectivity index (χ1n) is 8.49. The number of nitrogens with zero attached hydrogens (tertiary/aromatic N) is 1. The van der Waals surface area contributed by atoms with Crippen molar-refractivity contribution < 1.29 is 9.59 Å². The molecule has 1 aliphatic carbocycles. The third kappa shape index (κ3) is 3.63. The number of rotatable bonds is 3. The molecule has 2 amide bonds. The van der Waals surface area contributed by atoms with E-state index in [9.17, 15) is 9.59 Å². The molecule has 0 saturated carbocycles. The topological polar surface area (TPSA) is 63.4 Å². The molecule has 0 fully saturated rings. The Hall–Kier alpha value is -2.88. The second kappa shape index (κ2) is 7.34. The number of carbonyl (C=O) groups is 2. The van der Waals surface area contributed by atoms with E-state index in [0.717, 1.165) is 12.8 Å². The third-order valence-electron chi connectivity index (χ3n) is 4.65. The first-order valence-corrected chi connectivity index (χ1v) is 8.49. The Kier molecular flexibility index (Phi) is 4.98. The lowest BCUT2D eigenvalue weighted by Gasteiger charge is -2.15. The molecular weight excluding hydrogens is 312 g/mol. The molecule has 1 aliphatic rings. The largest absolute Gasteiger partial charge is 0.361 e. The normalized spacial score (nSPS) is 12.6. The van der Waals surface area contributed by atoms with Crippen LogP contribution in [0.15, 0.2) is 54.6 Å². The summed E-state index contributed by atoms with van der Waals surface area (Å²) in [6.07, 6.45) is 4.86. The van der Waals surface area contributed by atoms with Crippen molar-refractivity contribution in [2.24, 2.45) is 5.73 Å². The van der Waals surface area contributed by atoms with E-state index in [1.54, 1.807) is 7.05 Å². The minimum absolute atomic E-state index is 0.454. The van der Waals surface area contributed by atoms with Gasteiger partial charge in [0.05, 0.1) is 0 Å². The summed E-state index contributed by atoms with van der Waals surface area (Å²) in [6.45, 7) is 0.454. The molecule has 128 valence electrons. The predicted octanol–water partition coefficient (Wildman–Crippen LogP) is 2.55. The maximum absolute atomic E-state index is 11.6. The average molecular weight is 334 g/mol. The van der Waals surface area contributed by atoms with E-state index in [2.05, 4.69) is 54.6 Å². The first kappa shape index (κ1) is 17.0. The van der Waals surface area contributed by atoms with Gasteiger partial charge in [0.1, 0.15) is 0 Å². The molecule has 25 heavy (non-hydrogen) atoms. The molecule has 4 heteroatoms. The summed E-state index contributed by atoms with van der Waals surface area (Å²) in [5.41, 5.74) is 11.4. The van der Waals surface area contributed by atoms with Gasteiger partial charge in [-0.25, -0.2) is 0 Å². The minimum Gasteiger partial charge on any atom is -0.361 e. The number of primary amides is 1. The van der Waals surface area contributed by atoms with Crippen molar-refractivity contribution in [2.75, 3.05) is 13.6 Å². The van der Waals surface area contributed by atoms with Crippen LogP contribution in [0.25, 0.3) is 5.57 Å². The lowest BCUT2D eigenvalue weighted by molar-refractivity contribution is -0.143. The quantitative estimate of drug-likeness (QED) is 0.877. The smallest absolute Gasteiger partial charge is 0.311 e. The Morgan fingerprint density at radius 1 is 1.00 bits per heavy atom. The van der Waals surface area contributed by atoms with Crippen molar-refractivity contribution in [2.45, 2.75) is 19.3 Å². The van der Waals surface area contributed by atoms with Crippen LogP contribution in [0.5, 0.6) is 0 Å². The fraction of sp³-hybridized carbons (Fsp3) is 0.238. The molecule has 0 bridgehead atoms. The molecule has 2 aromatic rings. The van der Waals surface area contributed by atoms with Crippen LogP contribution in [0.3, 0.4) is 0 Å². The highest BCUT2D eigenvalue weighted by Gasteiger charge is 2.18. The summed E-state index contributed by atoms with van der Waals surface area (Å²) in [5.74, 6) is -1.57. The van der Waals surface area contributed by atoms with Gasteiger partial charge in [0.25, 0.3) is 0 Å². The number of likely N-dealkylation sites (N-methyl/N-ethyl adjacent to an activating group) is 1. The zero-order valence-electron chi connectivity index (χ0n) is 14.4. The van der Waals surface area contributed by atoms with Crippen LogP contribution in [-0.4, -0.2) is 30.3 Å². The van der Waals surface area contributed by atoms with Crippen molar-refractivity contribution in [3.05, 3.63) is 76.9 Å². The van der Waals surface area contributed by atoms with Gasteiger partial charge in [-0.15, -0.1) is 0 Å². The van der Waals surface area contributed by atoms with Gasteiger partial charge in [0, 0.05) is 13.6 Å². The van der Waals surface area contributed by atoms with Crippen LogP contribution < -0.4 is 5.73 Å². The molecule has 3 rings (SSSR count). The Labute approximate surface area is 148 Å².